The van der Waals surface area contributed by atoms with Crippen molar-refractivity contribution in [3.05, 3.63) is 52.5 Å². The number of pyridine rings is 1. The first-order chi connectivity index (χ1) is 10.9. The van der Waals surface area contributed by atoms with Gasteiger partial charge in [-0.3, -0.25) is 4.98 Å². The monoisotopic (exact) mass is 312 g/mol. The third-order valence-electron chi connectivity index (χ3n) is 3.57. The number of hydrogen-bond donors (Lipinski definition) is 2. The van der Waals surface area contributed by atoms with Gasteiger partial charge in [0.2, 0.25) is 5.65 Å². The van der Waals surface area contributed by atoms with Crippen molar-refractivity contribution < 1.29 is 0 Å². The van der Waals surface area contributed by atoms with E-state index in [1.807, 2.05) is 18.2 Å². The molecular weight excluding hydrogens is 292 g/mol. The molecule has 0 saturated heterocycles. The highest BCUT2D eigenvalue weighted by Gasteiger charge is 2.19. The Kier molecular flexibility index (Phi) is 3.85. The van der Waals surface area contributed by atoms with Crippen LogP contribution in [0.4, 0.5) is 5.82 Å². The topological polar surface area (TPSA) is 88.0 Å². The van der Waals surface area contributed by atoms with Gasteiger partial charge in [-0.1, -0.05) is 26.8 Å². The second-order valence-electron chi connectivity index (χ2n) is 6.44. The maximum absolute atomic E-state index is 11.9. The van der Waals surface area contributed by atoms with Gasteiger partial charge in [0.15, 0.2) is 5.82 Å². The van der Waals surface area contributed by atoms with Gasteiger partial charge in [-0.05, 0) is 12.1 Å². The molecule has 3 aromatic heterocycles. The number of fused-ring (bicyclic) bond motifs is 1. The summed E-state index contributed by atoms with van der Waals surface area (Å²) in [6.45, 7) is 6.84. The Morgan fingerprint density at radius 1 is 1.30 bits per heavy atom. The maximum Gasteiger partial charge on any atom is 0.347 e. The van der Waals surface area contributed by atoms with Gasteiger partial charge in [0.1, 0.15) is 0 Å². The lowest BCUT2D eigenvalue weighted by molar-refractivity contribution is 0.565. The molecule has 0 fully saturated rings. The van der Waals surface area contributed by atoms with Gasteiger partial charge in [0, 0.05) is 36.5 Å². The van der Waals surface area contributed by atoms with Crippen molar-refractivity contribution in [2.45, 2.75) is 32.6 Å². The highest BCUT2D eigenvalue weighted by molar-refractivity contribution is 5.62. The van der Waals surface area contributed by atoms with Crippen LogP contribution in [-0.2, 0) is 11.8 Å². The molecule has 0 aromatic carbocycles. The number of H-pyrrole nitrogens is 1. The van der Waals surface area contributed by atoms with Gasteiger partial charge >= 0.3 is 5.69 Å². The molecule has 0 aliphatic carbocycles. The van der Waals surface area contributed by atoms with Crippen LogP contribution in [0.1, 0.15) is 32.2 Å². The summed E-state index contributed by atoms with van der Waals surface area (Å²) in [5, 5.41) is 9.79. The lowest BCUT2D eigenvalue weighted by Crippen LogP contribution is -2.20. The van der Waals surface area contributed by atoms with Crippen molar-refractivity contribution in [1.82, 2.24) is 24.6 Å². The molecule has 0 atom stereocenters. The fraction of sp³-hybridized carbons (Fsp3) is 0.375. The van der Waals surface area contributed by atoms with E-state index in [4.69, 9.17) is 0 Å². The number of anilines is 1. The summed E-state index contributed by atoms with van der Waals surface area (Å²) in [6, 6.07) is 5.84. The fourth-order valence-corrected chi connectivity index (χ4v) is 2.25. The predicted octanol–water partition coefficient (Wildman–Crippen LogP) is 1.76. The van der Waals surface area contributed by atoms with E-state index >= 15 is 0 Å². The smallest absolute Gasteiger partial charge is 0.347 e. The quantitative estimate of drug-likeness (QED) is 0.766. The van der Waals surface area contributed by atoms with Gasteiger partial charge in [0.25, 0.3) is 0 Å². The van der Waals surface area contributed by atoms with Gasteiger partial charge in [0.05, 0.1) is 5.69 Å². The first-order valence-electron chi connectivity index (χ1n) is 7.57. The van der Waals surface area contributed by atoms with E-state index in [0.717, 1.165) is 17.8 Å². The molecule has 3 rings (SSSR count). The predicted molar refractivity (Wildman–Crippen MR) is 88.7 cm³/mol. The summed E-state index contributed by atoms with van der Waals surface area (Å²) in [7, 11) is 0. The Morgan fingerprint density at radius 3 is 2.83 bits per heavy atom. The molecule has 0 spiro atoms. The third kappa shape index (κ3) is 3.23. The number of nitrogens with zero attached hydrogens (tertiary/aromatic N) is 4. The maximum atomic E-state index is 11.9. The van der Waals surface area contributed by atoms with Crippen LogP contribution in [0.3, 0.4) is 0 Å². The molecule has 7 heteroatoms. The standard InChI is InChI=1S/C16H20N6O/c1-16(2,3)12-10-22-14(20-21-15(22)23)13(19-12)18-9-7-11-6-4-5-8-17-11/h4-6,8,10H,7,9H2,1-3H3,(H,18,19)(H,21,23). The van der Waals surface area contributed by atoms with Crippen LogP contribution in [0, 0.1) is 0 Å². The molecule has 0 unspecified atom stereocenters. The zero-order chi connectivity index (χ0) is 16.4. The molecule has 0 saturated carbocycles. The average Bonchev–Trinajstić information content (AvgIpc) is 2.89. The van der Waals surface area contributed by atoms with Crippen molar-refractivity contribution in [3.8, 4) is 0 Å². The third-order valence-corrected chi connectivity index (χ3v) is 3.57. The molecule has 0 bridgehead atoms. The normalized spacial score (nSPS) is 11.8. The Morgan fingerprint density at radius 2 is 2.13 bits per heavy atom. The van der Waals surface area contributed by atoms with Crippen LogP contribution in [-0.4, -0.2) is 31.1 Å². The Labute approximate surface area is 133 Å². The summed E-state index contributed by atoms with van der Waals surface area (Å²) in [6.07, 6.45) is 4.29. The number of aromatic nitrogens is 5. The SMILES string of the molecule is CC(C)(C)c1cn2c(=O)[nH]nc2c(NCCc2ccccn2)n1. The second-order valence-corrected chi connectivity index (χ2v) is 6.44. The molecule has 0 amide bonds. The van der Waals surface area contributed by atoms with Crippen LogP contribution in [0.15, 0.2) is 35.4 Å². The van der Waals surface area contributed by atoms with Crippen LogP contribution in [0.2, 0.25) is 0 Å². The largest absolute Gasteiger partial charge is 0.367 e. The van der Waals surface area contributed by atoms with E-state index in [-0.39, 0.29) is 11.1 Å². The molecule has 3 aromatic rings. The Balaban J connectivity index is 1.88. The lowest BCUT2D eigenvalue weighted by Gasteiger charge is -2.19. The van der Waals surface area contributed by atoms with Gasteiger partial charge in [-0.25, -0.2) is 19.3 Å². The molecule has 0 aliphatic heterocycles. The minimum absolute atomic E-state index is 0.164. The molecule has 0 aliphatic rings. The van der Waals surface area contributed by atoms with Crippen LogP contribution >= 0.6 is 0 Å². The molecule has 3 heterocycles. The minimum Gasteiger partial charge on any atom is -0.367 e. The van der Waals surface area contributed by atoms with Crippen molar-refractivity contribution in [1.29, 1.82) is 0 Å². The summed E-state index contributed by atoms with van der Waals surface area (Å²) >= 11 is 0. The molecule has 23 heavy (non-hydrogen) atoms. The molecule has 0 radical (unpaired) electrons. The summed E-state index contributed by atoms with van der Waals surface area (Å²) in [5.41, 5.74) is 1.91. The molecule has 7 nitrogen and oxygen atoms in total. The van der Waals surface area contributed by atoms with Crippen molar-refractivity contribution in [2.75, 3.05) is 11.9 Å². The highest BCUT2D eigenvalue weighted by atomic mass is 16.1. The van der Waals surface area contributed by atoms with Crippen molar-refractivity contribution in [3.63, 3.8) is 0 Å². The Bertz CT molecular complexity index is 860. The average molecular weight is 312 g/mol. The highest BCUT2D eigenvalue weighted by Crippen LogP contribution is 2.22. The minimum atomic E-state index is -0.263. The fourth-order valence-electron chi connectivity index (χ4n) is 2.25. The lowest BCUT2D eigenvalue weighted by atomic mass is 9.93. The number of aromatic amines is 1. The van der Waals surface area contributed by atoms with Crippen LogP contribution < -0.4 is 11.0 Å². The van der Waals surface area contributed by atoms with E-state index in [2.05, 4.69) is 46.3 Å². The van der Waals surface area contributed by atoms with Crippen LogP contribution in [0.5, 0.6) is 0 Å². The van der Waals surface area contributed by atoms with E-state index in [9.17, 15) is 4.79 Å². The molecule has 2 N–H and O–H groups in total. The van der Waals surface area contributed by atoms with Gasteiger partial charge in [-0.2, -0.15) is 0 Å². The Hall–Kier alpha value is -2.70. The zero-order valence-electron chi connectivity index (χ0n) is 13.5. The van der Waals surface area contributed by atoms with Crippen LogP contribution in [0.25, 0.3) is 5.65 Å². The summed E-state index contributed by atoms with van der Waals surface area (Å²) in [5.74, 6) is 0.603. The van der Waals surface area contributed by atoms with Gasteiger partial charge in [-0.15, -0.1) is 5.10 Å². The zero-order valence-corrected chi connectivity index (χ0v) is 13.5. The number of rotatable bonds is 4. The summed E-state index contributed by atoms with van der Waals surface area (Å²) < 4.78 is 1.50. The molecular formula is C16H20N6O. The first-order valence-corrected chi connectivity index (χ1v) is 7.57. The van der Waals surface area contributed by atoms with E-state index in [1.54, 1.807) is 12.4 Å². The number of hydrogen-bond acceptors (Lipinski definition) is 5. The number of nitrogens with one attached hydrogen (secondary N) is 2. The molecule has 120 valence electrons. The van der Waals surface area contributed by atoms with Crippen molar-refractivity contribution >= 4 is 11.5 Å². The second kappa shape index (κ2) is 5.83. The van der Waals surface area contributed by atoms with E-state index in [1.165, 1.54) is 4.40 Å². The van der Waals surface area contributed by atoms with E-state index < -0.39 is 0 Å². The van der Waals surface area contributed by atoms with Gasteiger partial charge < -0.3 is 5.32 Å². The summed E-state index contributed by atoms with van der Waals surface area (Å²) in [4.78, 5) is 20.8. The van der Waals surface area contributed by atoms with Crippen molar-refractivity contribution in [2.24, 2.45) is 0 Å². The first kappa shape index (κ1) is 15.2. The van der Waals surface area contributed by atoms with E-state index in [0.29, 0.717) is 18.0 Å².